The van der Waals surface area contributed by atoms with Gasteiger partial charge in [0.1, 0.15) is 7.05 Å². The van der Waals surface area contributed by atoms with Crippen molar-refractivity contribution in [1.82, 2.24) is 5.43 Å². The van der Waals surface area contributed by atoms with Crippen LogP contribution in [0.15, 0.2) is 72.5 Å². The predicted octanol–water partition coefficient (Wildman–Crippen LogP) is 5.48. The fourth-order valence-corrected chi connectivity index (χ4v) is 5.72. The molecule has 5 nitrogen and oxygen atoms in total. The van der Waals surface area contributed by atoms with Crippen LogP contribution in [-0.2, 0) is 15.6 Å². The fourth-order valence-electron chi connectivity index (χ4n) is 5.72. The van der Waals surface area contributed by atoms with Crippen LogP contribution in [0.25, 0.3) is 0 Å². The molecule has 0 radical (unpaired) electrons. The van der Waals surface area contributed by atoms with E-state index in [1.54, 1.807) is 0 Å². The van der Waals surface area contributed by atoms with Crippen LogP contribution in [-0.4, -0.2) is 29.8 Å². The summed E-state index contributed by atoms with van der Waals surface area (Å²) in [6.45, 7) is 10.2. The Kier molecular flexibility index (Phi) is 7.00. The van der Waals surface area contributed by atoms with E-state index in [-0.39, 0.29) is 16.7 Å². The number of benzene rings is 2. The zero-order chi connectivity index (χ0) is 25.2. The van der Waals surface area contributed by atoms with Gasteiger partial charge in [-0.3, -0.25) is 10.2 Å². The number of nitrogens with two attached hydrogens (primary N) is 1. The molecule has 184 valence electrons. The van der Waals surface area contributed by atoms with Crippen molar-refractivity contribution in [3.05, 3.63) is 83.6 Å². The number of anilines is 1. The molecule has 2 aliphatic rings. The first kappa shape index (κ1) is 24.9. The summed E-state index contributed by atoms with van der Waals surface area (Å²) in [6.07, 6.45) is 10.1. The molecule has 1 amide bonds. The molecule has 2 aromatic rings. The number of hydrazine groups is 1. The molecule has 5 heteroatoms. The van der Waals surface area contributed by atoms with Gasteiger partial charge in [0.05, 0.1) is 5.41 Å². The average molecular weight is 472 g/mol. The van der Waals surface area contributed by atoms with E-state index in [0.29, 0.717) is 6.42 Å². The van der Waals surface area contributed by atoms with Crippen LogP contribution in [0.4, 0.5) is 11.4 Å². The van der Waals surface area contributed by atoms with Crippen LogP contribution in [0.3, 0.4) is 0 Å². The molecule has 3 N–H and O–H groups in total. The smallest absolute Gasteiger partial charge is 0.233 e. The molecule has 0 saturated carbocycles. The summed E-state index contributed by atoms with van der Waals surface area (Å²) in [5.41, 5.74) is 10.0. The van der Waals surface area contributed by atoms with Gasteiger partial charge in [-0.1, -0.05) is 62.7 Å². The number of fused-ring (bicyclic) bond motifs is 2. The molecule has 0 atom stereocenters. The number of rotatable bonds is 8. The lowest BCUT2D eigenvalue weighted by molar-refractivity contribution is -0.401. The number of unbranched alkanes of at least 4 members (excludes halogenated alkanes) is 2. The number of nitrogens with one attached hydrogen (secondary N) is 1. The molecule has 0 unspecified atom stereocenters. The number of carbonyl (C=O) groups excluding carboxylic acids is 1. The molecule has 0 aromatic heterocycles. The number of hydrogen-bond donors (Lipinski definition) is 2. The van der Waals surface area contributed by atoms with E-state index in [2.05, 4.69) is 116 Å². The third kappa shape index (κ3) is 4.57. The number of para-hydroxylation sites is 2. The minimum Gasteiger partial charge on any atom is -0.344 e. The number of nitrogens with zero attached hydrogens (tertiary/aromatic N) is 2. The first-order valence-corrected chi connectivity index (χ1v) is 12.7. The van der Waals surface area contributed by atoms with Crippen LogP contribution in [0, 0.1) is 0 Å². The molecule has 0 spiro atoms. The van der Waals surface area contributed by atoms with Crippen molar-refractivity contribution in [2.45, 2.75) is 64.2 Å². The Hall–Kier alpha value is -3.18. The maximum absolute atomic E-state index is 11.4. The second kappa shape index (κ2) is 9.82. The summed E-state index contributed by atoms with van der Waals surface area (Å²) in [6, 6.07) is 17.4. The van der Waals surface area contributed by atoms with E-state index in [9.17, 15) is 4.79 Å². The zero-order valence-corrected chi connectivity index (χ0v) is 21.8. The van der Waals surface area contributed by atoms with Crippen molar-refractivity contribution >= 4 is 23.0 Å². The second-order valence-corrected chi connectivity index (χ2v) is 10.7. The average Bonchev–Trinajstić information content (AvgIpc) is 3.18. The summed E-state index contributed by atoms with van der Waals surface area (Å²) < 4.78 is 2.31. The quantitative estimate of drug-likeness (QED) is 0.176. The van der Waals surface area contributed by atoms with Crippen LogP contribution >= 0.6 is 0 Å². The van der Waals surface area contributed by atoms with Crippen molar-refractivity contribution < 1.29 is 9.37 Å². The Morgan fingerprint density at radius 2 is 1.66 bits per heavy atom. The second-order valence-electron chi connectivity index (χ2n) is 10.7. The molecule has 2 aliphatic heterocycles. The van der Waals surface area contributed by atoms with Gasteiger partial charge in [-0.25, -0.2) is 5.84 Å². The predicted molar refractivity (Wildman–Crippen MR) is 145 cm³/mol. The Morgan fingerprint density at radius 3 is 2.37 bits per heavy atom. The van der Waals surface area contributed by atoms with Gasteiger partial charge >= 0.3 is 0 Å². The zero-order valence-electron chi connectivity index (χ0n) is 21.8. The molecular formula is C30H39N4O+. The number of hydrogen-bond acceptors (Lipinski definition) is 3. The van der Waals surface area contributed by atoms with Gasteiger partial charge in [-0.05, 0) is 44.4 Å². The van der Waals surface area contributed by atoms with Crippen molar-refractivity contribution in [2.24, 2.45) is 5.84 Å². The maximum atomic E-state index is 11.4. The molecule has 0 saturated heterocycles. The van der Waals surface area contributed by atoms with Gasteiger partial charge < -0.3 is 4.90 Å². The Morgan fingerprint density at radius 1 is 0.971 bits per heavy atom. The van der Waals surface area contributed by atoms with Gasteiger partial charge in [-0.2, -0.15) is 4.58 Å². The van der Waals surface area contributed by atoms with E-state index < -0.39 is 0 Å². The lowest BCUT2D eigenvalue weighted by atomic mass is 9.81. The highest BCUT2D eigenvalue weighted by molar-refractivity contribution is 6.03. The van der Waals surface area contributed by atoms with E-state index in [1.807, 2.05) is 0 Å². The molecule has 0 fully saturated rings. The van der Waals surface area contributed by atoms with Crippen LogP contribution in [0.1, 0.15) is 64.5 Å². The number of amides is 1. The summed E-state index contributed by atoms with van der Waals surface area (Å²) in [5.74, 6) is 5.11. The molecule has 0 aliphatic carbocycles. The lowest BCUT2D eigenvalue weighted by Crippen LogP contribution is -2.29. The van der Waals surface area contributed by atoms with Gasteiger partial charge in [0.2, 0.25) is 11.6 Å². The maximum Gasteiger partial charge on any atom is 0.233 e. The highest BCUT2D eigenvalue weighted by Gasteiger charge is 2.43. The summed E-state index contributed by atoms with van der Waals surface area (Å²) in [7, 11) is 2.16. The SMILES string of the molecule is C[N+]1=C(/C=C/C=C2/N(CCCCCC(=O)NN)c3ccccc3C2(C)C)C(C)(C)c2ccccc21. The van der Waals surface area contributed by atoms with Crippen molar-refractivity contribution in [3.63, 3.8) is 0 Å². The van der Waals surface area contributed by atoms with Crippen LogP contribution in [0.2, 0.25) is 0 Å². The highest BCUT2D eigenvalue weighted by Crippen LogP contribution is 2.47. The molecular weight excluding hydrogens is 432 g/mol. The molecule has 2 heterocycles. The summed E-state index contributed by atoms with van der Waals surface area (Å²) >= 11 is 0. The number of allylic oxidation sites excluding steroid dienone is 4. The third-order valence-corrected chi connectivity index (χ3v) is 7.69. The van der Waals surface area contributed by atoms with Crippen molar-refractivity contribution in [1.29, 1.82) is 0 Å². The minimum atomic E-state index is -0.0946. The normalized spacial score (nSPS) is 18.9. The van der Waals surface area contributed by atoms with Crippen molar-refractivity contribution in [3.8, 4) is 0 Å². The molecule has 35 heavy (non-hydrogen) atoms. The Bertz CT molecular complexity index is 1200. The van der Waals surface area contributed by atoms with Crippen molar-refractivity contribution in [2.75, 3.05) is 18.5 Å². The van der Waals surface area contributed by atoms with Gasteiger partial charge in [0.15, 0.2) is 5.71 Å². The van der Waals surface area contributed by atoms with Crippen LogP contribution < -0.4 is 16.2 Å². The lowest BCUT2D eigenvalue weighted by Gasteiger charge is -2.27. The molecule has 0 bridgehead atoms. The molecule has 2 aromatic carbocycles. The summed E-state index contributed by atoms with van der Waals surface area (Å²) in [5, 5.41) is 0. The first-order chi connectivity index (χ1) is 16.7. The Labute approximate surface area is 210 Å². The summed E-state index contributed by atoms with van der Waals surface area (Å²) in [4.78, 5) is 13.9. The van der Waals surface area contributed by atoms with Gasteiger partial charge in [-0.15, -0.1) is 0 Å². The molecule has 4 rings (SSSR count). The van der Waals surface area contributed by atoms with E-state index in [1.165, 1.54) is 33.9 Å². The first-order valence-electron chi connectivity index (χ1n) is 12.7. The largest absolute Gasteiger partial charge is 0.344 e. The number of carbonyl (C=O) groups is 1. The van der Waals surface area contributed by atoms with E-state index in [0.717, 1.165) is 25.8 Å². The third-order valence-electron chi connectivity index (χ3n) is 7.69. The standard InChI is InChI=1S/C30H38N4O/c1-29(2)22-14-8-10-16-24(22)33(5)26(29)18-13-19-27-30(3,4)23-15-9-11-17-25(23)34(27)21-12-6-7-20-28(35)32-31/h8-11,13-19H,6-7,12,20-21,31H2,1-5H3/p+1. The van der Waals surface area contributed by atoms with E-state index >= 15 is 0 Å². The van der Waals surface area contributed by atoms with Gasteiger partial charge in [0, 0.05) is 47.5 Å². The monoisotopic (exact) mass is 471 g/mol. The van der Waals surface area contributed by atoms with Gasteiger partial charge in [0.25, 0.3) is 0 Å². The Balaban J connectivity index is 1.58. The highest BCUT2D eigenvalue weighted by atomic mass is 16.2. The topological polar surface area (TPSA) is 61.4 Å². The van der Waals surface area contributed by atoms with E-state index in [4.69, 9.17) is 5.84 Å². The minimum absolute atomic E-state index is 0.0377. The fraction of sp³-hybridized carbons (Fsp3) is 0.400. The van der Waals surface area contributed by atoms with Crippen LogP contribution in [0.5, 0.6) is 0 Å².